The fourth-order valence-electron chi connectivity index (χ4n) is 1.84. The van der Waals surface area contributed by atoms with Gasteiger partial charge in [-0.3, -0.25) is 0 Å². The van der Waals surface area contributed by atoms with Crippen LogP contribution in [0.4, 0.5) is 0 Å². The zero-order valence-corrected chi connectivity index (χ0v) is 10.3. The Morgan fingerprint density at radius 3 is 2.43 bits per heavy atom. The second-order valence-corrected chi connectivity index (χ2v) is 3.76. The summed E-state index contributed by atoms with van der Waals surface area (Å²) in [6.07, 6.45) is 3.80. The topological polar surface area (TPSA) is 35.0 Å². The van der Waals surface area contributed by atoms with Crippen molar-refractivity contribution in [3.8, 4) is 0 Å². The fourth-order valence-corrected chi connectivity index (χ4v) is 2.30. The van der Waals surface area contributed by atoms with Crippen LogP contribution in [0.15, 0.2) is 17.0 Å². The number of thiol groups is 1. The van der Waals surface area contributed by atoms with Crippen LogP contribution in [0.1, 0.15) is 37.0 Å². The molecule has 0 unspecified atom stereocenters. The molecule has 0 aliphatic heterocycles. The first-order valence-electron chi connectivity index (χ1n) is 5.09. The van der Waals surface area contributed by atoms with Crippen LogP contribution in [0.3, 0.4) is 0 Å². The van der Waals surface area contributed by atoms with Gasteiger partial charge in [-0.05, 0) is 48.9 Å². The molecular formula is C12H21NS. The van der Waals surface area contributed by atoms with E-state index in [0.29, 0.717) is 0 Å². The number of fused-ring (bicyclic) bond motifs is 1. The Morgan fingerprint density at radius 2 is 1.79 bits per heavy atom. The zero-order chi connectivity index (χ0) is 9.84. The van der Waals surface area contributed by atoms with E-state index in [1.807, 2.05) is 13.8 Å². The largest absolute Gasteiger partial charge is 0.344 e. The highest BCUT2D eigenvalue weighted by Crippen LogP contribution is 2.28. The second-order valence-electron chi connectivity index (χ2n) is 3.28. The Balaban J connectivity index is 0.000000531. The number of rotatable bonds is 0. The highest BCUT2D eigenvalue weighted by atomic mass is 32.1. The molecule has 2 rings (SSSR count). The van der Waals surface area contributed by atoms with Crippen LogP contribution in [0.2, 0.25) is 0 Å². The van der Waals surface area contributed by atoms with Crippen molar-refractivity contribution >= 4 is 12.6 Å². The SMILES string of the molecule is CC.Cc1cc(S)c2c(c1)CCC2.N. The van der Waals surface area contributed by atoms with Gasteiger partial charge in [0.2, 0.25) is 0 Å². The van der Waals surface area contributed by atoms with E-state index in [-0.39, 0.29) is 6.15 Å². The zero-order valence-electron chi connectivity index (χ0n) is 9.43. The van der Waals surface area contributed by atoms with Crippen molar-refractivity contribution in [2.45, 2.75) is 44.9 Å². The number of hydrogen-bond donors (Lipinski definition) is 2. The van der Waals surface area contributed by atoms with Crippen LogP contribution < -0.4 is 6.15 Å². The molecule has 0 saturated carbocycles. The minimum absolute atomic E-state index is 0. The first kappa shape index (κ1) is 13.5. The van der Waals surface area contributed by atoms with Gasteiger partial charge in [-0.25, -0.2) is 0 Å². The Labute approximate surface area is 92.9 Å². The molecule has 2 heteroatoms. The van der Waals surface area contributed by atoms with Gasteiger partial charge in [-0.2, -0.15) is 0 Å². The molecule has 0 amide bonds. The van der Waals surface area contributed by atoms with Gasteiger partial charge >= 0.3 is 0 Å². The smallest absolute Gasteiger partial charge is 0.00774 e. The minimum atomic E-state index is 0. The predicted octanol–water partition coefficient (Wildman–Crippen LogP) is 3.96. The minimum Gasteiger partial charge on any atom is -0.344 e. The van der Waals surface area contributed by atoms with Gasteiger partial charge in [0.1, 0.15) is 0 Å². The van der Waals surface area contributed by atoms with Crippen LogP contribution in [-0.4, -0.2) is 0 Å². The molecular weight excluding hydrogens is 190 g/mol. The van der Waals surface area contributed by atoms with E-state index >= 15 is 0 Å². The van der Waals surface area contributed by atoms with Crippen LogP contribution in [0.5, 0.6) is 0 Å². The van der Waals surface area contributed by atoms with Crippen molar-refractivity contribution in [3.63, 3.8) is 0 Å². The quantitative estimate of drug-likeness (QED) is 0.626. The van der Waals surface area contributed by atoms with Crippen molar-refractivity contribution in [1.29, 1.82) is 0 Å². The molecule has 0 radical (unpaired) electrons. The molecule has 14 heavy (non-hydrogen) atoms. The molecule has 0 bridgehead atoms. The summed E-state index contributed by atoms with van der Waals surface area (Å²) in [5, 5.41) is 0. The maximum Gasteiger partial charge on any atom is 0.00774 e. The highest BCUT2D eigenvalue weighted by Gasteiger charge is 2.12. The normalized spacial score (nSPS) is 12.3. The maximum absolute atomic E-state index is 4.46. The van der Waals surface area contributed by atoms with E-state index in [0.717, 1.165) is 0 Å². The van der Waals surface area contributed by atoms with Crippen LogP contribution in [0, 0.1) is 6.92 Å². The summed E-state index contributed by atoms with van der Waals surface area (Å²) in [5.74, 6) is 0. The standard InChI is InChI=1S/C10H12S.C2H6.H3N/c1-7-5-8-3-2-4-9(8)10(11)6-7;1-2;/h5-6,11H,2-4H2,1H3;1-2H3;1H3. The number of benzene rings is 1. The summed E-state index contributed by atoms with van der Waals surface area (Å²) in [7, 11) is 0. The van der Waals surface area contributed by atoms with E-state index in [9.17, 15) is 0 Å². The molecule has 0 atom stereocenters. The van der Waals surface area contributed by atoms with Crippen molar-refractivity contribution in [2.75, 3.05) is 0 Å². The molecule has 1 aliphatic rings. The second kappa shape index (κ2) is 6.10. The average Bonchev–Trinajstić information content (AvgIpc) is 2.55. The van der Waals surface area contributed by atoms with Crippen LogP contribution in [-0.2, 0) is 12.8 Å². The molecule has 0 saturated heterocycles. The van der Waals surface area contributed by atoms with Crippen LogP contribution >= 0.6 is 12.6 Å². The molecule has 1 aromatic carbocycles. The Bertz CT molecular complexity index is 295. The van der Waals surface area contributed by atoms with E-state index in [2.05, 4.69) is 31.7 Å². The van der Waals surface area contributed by atoms with Gasteiger partial charge in [0.05, 0.1) is 0 Å². The third-order valence-electron chi connectivity index (χ3n) is 2.34. The maximum atomic E-state index is 4.46. The van der Waals surface area contributed by atoms with Gasteiger partial charge in [0.25, 0.3) is 0 Å². The Morgan fingerprint density at radius 1 is 1.14 bits per heavy atom. The van der Waals surface area contributed by atoms with Gasteiger partial charge in [0.15, 0.2) is 0 Å². The lowest BCUT2D eigenvalue weighted by atomic mass is 10.1. The molecule has 0 spiro atoms. The molecule has 1 aromatic rings. The summed E-state index contributed by atoms with van der Waals surface area (Å²) in [5.41, 5.74) is 4.35. The predicted molar refractivity (Wildman–Crippen MR) is 66.8 cm³/mol. The molecule has 1 nitrogen and oxygen atoms in total. The lowest BCUT2D eigenvalue weighted by Crippen LogP contribution is -1.85. The van der Waals surface area contributed by atoms with Gasteiger partial charge in [-0.1, -0.05) is 19.9 Å². The van der Waals surface area contributed by atoms with Crippen molar-refractivity contribution < 1.29 is 0 Å². The van der Waals surface area contributed by atoms with Gasteiger partial charge in [-0.15, -0.1) is 12.6 Å². The molecule has 3 N–H and O–H groups in total. The fraction of sp³-hybridized carbons (Fsp3) is 0.500. The van der Waals surface area contributed by atoms with Gasteiger partial charge in [0, 0.05) is 4.90 Å². The third-order valence-corrected chi connectivity index (χ3v) is 2.74. The Hall–Kier alpha value is -0.470. The molecule has 1 aliphatic carbocycles. The lowest BCUT2D eigenvalue weighted by Gasteiger charge is -2.03. The van der Waals surface area contributed by atoms with E-state index in [4.69, 9.17) is 0 Å². The average molecular weight is 211 g/mol. The summed E-state index contributed by atoms with van der Waals surface area (Å²) in [6.45, 7) is 6.14. The summed E-state index contributed by atoms with van der Waals surface area (Å²) in [4.78, 5) is 1.19. The number of aryl methyl sites for hydroxylation is 2. The molecule has 80 valence electrons. The van der Waals surface area contributed by atoms with Gasteiger partial charge < -0.3 is 6.15 Å². The van der Waals surface area contributed by atoms with Crippen molar-refractivity contribution in [1.82, 2.24) is 6.15 Å². The van der Waals surface area contributed by atoms with Crippen LogP contribution in [0.25, 0.3) is 0 Å². The summed E-state index contributed by atoms with van der Waals surface area (Å²) >= 11 is 4.46. The van der Waals surface area contributed by atoms with E-state index in [1.165, 1.54) is 40.8 Å². The monoisotopic (exact) mass is 211 g/mol. The summed E-state index contributed by atoms with van der Waals surface area (Å²) in [6, 6.07) is 4.45. The third kappa shape index (κ3) is 2.76. The van der Waals surface area contributed by atoms with Crippen molar-refractivity contribution in [2.24, 2.45) is 0 Å². The first-order chi connectivity index (χ1) is 6.27. The Kier molecular flexibility index (Phi) is 5.89. The van der Waals surface area contributed by atoms with E-state index < -0.39 is 0 Å². The number of hydrogen-bond acceptors (Lipinski definition) is 2. The first-order valence-corrected chi connectivity index (χ1v) is 5.53. The van der Waals surface area contributed by atoms with E-state index in [1.54, 1.807) is 0 Å². The molecule has 0 heterocycles. The van der Waals surface area contributed by atoms with Crippen molar-refractivity contribution in [3.05, 3.63) is 28.8 Å². The molecule has 0 fully saturated rings. The molecule has 0 aromatic heterocycles. The summed E-state index contributed by atoms with van der Waals surface area (Å²) < 4.78 is 0. The highest BCUT2D eigenvalue weighted by molar-refractivity contribution is 7.80. The lowest BCUT2D eigenvalue weighted by molar-refractivity contribution is 0.906.